The molecule has 3 rings (SSSR count). The molecule has 1 unspecified atom stereocenters. The molecule has 2 aromatic rings. The third-order valence-electron chi connectivity index (χ3n) is 3.28. The van der Waals surface area contributed by atoms with Gasteiger partial charge in [-0.15, -0.1) is 0 Å². The first-order valence-corrected chi connectivity index (χ1v) is 6.52. The van der Waals surface area contributed by atoms with Crippen LogP contribution in [0.1, 0.15) is 11.1 Å². The number of ether oxygens (including phenoxy) is 2. The van der Waals surface area contributed by atoms with Gasteiger partial charge in [0.1, 0.15) is 30.0 Å². The quantitative estimate of drug-likeness (QED) is 0.931. The number of halogens is 1. The lowest BCUT2D eigenvalue weighted by atomic mass is 10.1. The molecule has 0 radical (unpaired) electrons. The molecular weight excluding hydrogens is 259 g/mol. The normalized spacial score (nSPS) is 16.6. The van der Waals surface area contributed by atoms with Gasteiger partial charge < -0.3 is 14.6 Å². The van der Waals surface area contributed by atoms with E-state index in [1.54, 1.807) is 12.1 Å². The molecule has 0 bridgehead atoms. The summed E-state index contributed by atoms with van der Waals surface area (Å²) in [6.07, 6.45) is 0.539. The fourth-order valence-corrected chi connectivity index (χ4v) is 2.30. The van der Waals surface area contributed by atoms with Crippen LogP contribution in [-0.2, 0) is 13.0 Å². The molecule has 4 heteroatoms. The van der Waals surface area contributed by atoms with E-state index < -0.39 is 0 Å². The van der Waals surface area contributed by atoms with Crippen molar-refractivity contribution >= 4 is 0 Å². The van der Waals surface area contributed by atoms with Gasteiger partial charge in [-0.05, 0) is 35.9 Å². The van der Waals surface area contributed by atoms with Crippen LogP contribution in [0.5, 0.6) is 11.5 Å². The van der Waals surface area contributed by atoms with Crippen LogP contribution in [-0.4, -0.2) is 17.8 Å². The van der Waals surface area contributed by atoms with Gasteiger partial charge in [0.15, 0.2) is 0 Å². The predicted molar refractivity (Wildman–Crippen MR) is 72.4 cm³/mol. The second kappa shape index (κ2) is 5.51. The number of benzene rings is 2. The highest BCUT2D eigenvalue weighted by Crippen LogP contribution is 2.29. The zero-order valence-corrected chi connectivity index (χ0v) is 10.9. The molecule has 1 aliphatic rings. The summed E-state index contributed by atoms with van der Waals surface area (Å²) in [6, 6.07) is 11.8. The number of aliphatic hydroxyl groups is 1. The first-order valence-electron chi connectivity index (χ1n) is 6.52. The Balaban J connectivity index is 1.60. The average Bonchev–Trinajstić information content (AvgIpc) is 2.87. The van der Waals surface area contributed by atoms with Crippen molar-refractivity contribution in [2.24, 2.45) is 0 Å². The Kier molecular flexibility index (Phi) is 3.56. The van der Waals surface area contributed by atoms with E-state index in [1.807, 2.05) is 18.2 Å². The van der Waals surface area contributed by atoms with Crippen molar-refractivity contribution in [3.05, 3.63) is 59.4 Å². The van der Waals surface area contributed by atoms with E-state index in [0.29, 0.717) is 18.8 Å². The summed E-state index contributed by atoms with van der Waals surface area (Å²) in [5.74, 6) is 1.18. The summed E-state index contributed by atoms with van der Waals surface area (Å²) in [7, 11) is 0. The Bertz CT molecular complexity index is 612. The molecule has 0 aliphatic carbocycles. The zero-order chi connectivity index (χ0) is 13.9. The Labute approximate surface area is 116 Å². The van der Waals surface area contributed by atoms with Crippen LogP contribution >= 0.6 is 0 Å². The second-order valence-corrected chi connectivity index (χ2v) is 4.81. The molecule has 0 fully saturated rings. The fourth-order valence-electron chi connectivity index (χ4n) is 2.30. The van der Waals surface area contributed by atoms with Gasteiger partial charge in [0.25, 0.3) is 0 Å². The van der Waals surface area contributed by atoms with Crippen molar-refractivity contribution in [1.29, 1.82) is 0 Å². The molecule has 104 valence electrons. The van der Waals surface area contributed by atoms with Crippen LogP contribution in [0, 0.1) is 5.82 Å². The van der Waals surface area contributed by atoms with Crippen LogP contribution in [0.2, 0.25) is 0 Å². The molecule has 1 aliphatic heterocycles. The topological polar surface area (TPSA) is 38.7 Å². The molecule has 0 saturated carbocycles. The fraction of sp³-hybridized carbons (Fsp3) is 0.250. The molecule has 1 heterocycles. The maximum absolute atomic E-state index is 13.1. The molecular formula is C16H15FO3. The van der Waals surface area contributed by atoms with Gasteiger partial charge >= 0.3 is 0 Å². The monoisotopic (exact) mass is 274 g/mol. The van der Waals surface area contributed by atoms with Crippen molar-refractivity contribution in [2.75, 3.05) is 6.61 Å². The highest BCUT2D eigenvalue weighted by molar-refractivity contribution is 5.38. The van der Waals surface area contributed by atoms with Gasteiger partial charge in [-0.2, -0.15) is 0 Å². The highest BCUT2D eigenvalue weighted by Gasteiger charge is 2.23. The van der Waals surface area contributed by atoms with E-state index in [4.69, 9.17) is 14.6 Å². The van der Waals surface area contributed by atoms with E-state index >= 15 is 0 Å². The van der Waals surface area contributed by atoms with Crippen molar-refractivity contribution in [3.63, 3.8) is 0 Å². The molecule has 2 aromatic carbocycles. The lowest BCUT2D eigenvalue weighted by Crippen LogP contribution is -2.22. The third kappa shape index (κ3) is 2.75. The smallest absolute Gasteiger partial charge is 0.137 e. The minimum Gasteiger partial charge on any atom is -0.490 e. The van der Waals surface area contributed by atoms with E-state index in [1.165, 1.54) is 12.1 Å². The largest absolute Gasteiger partial charge is 0.490 e. The Morgan fingerprint density at radius 2 is 2.15 bits per heavy atom. The molecule has 0 amide bonds. The lowest BCUT2D eigenvalue weighted by Gasteiger charge is -2.12. The van der Waals surface area contributed by atoms with Crippen molar-refractivity contribution in [1.82, 2.24) is 0 Å². The molecule has 0 saturated heterocycles. The summed E-state index contributed by atoms with van der Waals surface area (Å²) in [5, 5.41) is 9.07. The first kappa shape index (κ1) is 12.9. The van der Waals surface area contributed by atoms with Gasteiger partial charge in [0.2, 0.25) is 0 Å². The van der Waals surface area contributed by atoms with Gasteiger partial charge in [-0.1, -0.05) is 12.1 Å². The molecule has 1 N–H and O–H groups in total. The number of aliphatic hydroxyl groups excluding tert-OH is 1. The van der Waals surface area contributed by atoms with Crippen molar-refractivity contribution < 1.29 is 19.0 Å². The molecule has 0 spiro atoms. The van der Waals surface area contributed by atoms with Gasteiger partial charge in [0, 0.05) is 12.0 Å². The highest BCUT2D eigenvalue weighted by atomic mass is 19.1. The van der Waals surface area contributed by atoms with E-state index in [9.17, 15) is 4.39 Å². The number of hydrogen-bond acceptors (Lipinski definition) is 3. The molecule has 3 nitrogen and oxygen atoms in total. The Morgan fingerprint density at radius 1 is 1.25 bits per heavy atom. The SMILES string of the molecule is OCc1cccc(OCC2Cc3cc(F)ccc3O2)c1. The molecule has 0 aromatic heterocycles. The maximum Gasteiger partial charge on any atom is 0.137 e. The summed E-state index contributed by atoms with van der Waals surface area (Å²) in [4.78, 5) is 0. The zero-order valence-electron chi connectivity index (χ0n) is 10.9. The minimum atomic E-state index is -0.246. The van der Waals surface area contributed by atoms with Gasteiger partial charge in [-0.3, -0.25) is 0 Å². The van der Waals surface area contributed by atoms with Crippen LogP contribution in [0.25, 0.3) is 0 Å². The molecule has 1 atom stereocenters. The summed E-state index contributed by atoms with van der Waals surface area (Å²) in [6.45, 7) is 0.382. The van der Waals surface area contributed by atoms with Crippen LogP contribution in [0.15, 0.2) is 42.5 Å². The maximum atomic E-state index is 13.1. The van der Waals surface area contributed by atoms with Crippen molar-refractivity contribution in [2.45, 2.75) is 19.1 Å². The minimum absolute atomic E-state index is 0.0121. The third-order valence-corrected chi connectivity index (χ3v) is 3.28. The van der Waals surface area contributed by atoms with E-state index in [-0.39, 0.29) is 18.5 Å². The molecule has 20 heavy (non-hydrogen) atoms. The Morgan fingerprint density at radius 3 is 3.00 bits per heavy atom. The summed E-state index contributed by atoms with van der Waals surface area (Å²) in [5.41, 5.74) is 1.68. The average molecular weight is 274 g/mol. The second-order valence-electron chi connectivity index (χ2n) is 4.81. The number of hydrogen-bond donors (Lipinski definition) is 1. The van der Waals surface area contributed by atoms with Crippen LogP contribution in [0.4, 0.5) is 4.39 Å². The van der Waals surface area contributed by atoms with Crippen molar-refractivity contribution in [3.8, 4) is 11.5 Å². The number of rotatable bonds is 4. The van der Waals surface area contributed by atoms with Crippen LogP contribution in [0.3, 0.4) is 0 Å². The standard InChI is InChI=1S/C16H15FO3/c17-13-4-5-16-12(7-13)8-15(20-16)10-19-14-3-1-2-11(6-14)9-18/h1-7,15,18H,8-10H2. The van der Waals surface area contributed by atoms with E-state index in [2.05, 4.69) is 0 Å². The number of fused-ring (bicyclic) bond motifs is 1. The van der Waals surface area contributed by atoms with Gasteiger partial charge in [0.05, 0.1) is 6.61 Å². The summed E-state index contributed by atoms with van der Waals surface area (Å²) < 4.78 is 24.5. The van der Waals surface area contributed by atoms with E-state index in [0.717, 1.165) is 16.9 Å². The van der Waals surface area contributed by atoms with Gasteiger partial charge in [-0.25, -0.2) is 4.39 Å². The van der Waals surface area contributed by atoms with Crippen LogP contribution < -0.4 is 9.47 Å². The predicted octanol–water partition coefficient (Wildman–Crippen LogP) is 2.70. The summed E-state index contributed by atoms with van der Waals surface area (Å²) >= 11 is 0. The lowest BCUT2D eigenvalue weighted by molar-refractivity contribution is 0.148. The first-order chi connectivity index (χ1) is 9.74. The Hall–Kier alpha value is -2.07.